The molecule has 0 aromatic rings. The Morgan fingerprint density at radius 3 is 1.55 bits per heavy atom. The Balaban J connectivity index is 3.25. The Morgan fingerprint density at radius 1 is 0.600 bits per heavy atom. The molecule has 0 bridgehead atoms. The largest absolute Gasteiger partial charge is 0.417 e. The molecule has 0 aliphatic heterocycles. The van der Waals surface area contributed by atoms with Gasteiger partial charge in [0.25, 0.3) is 0 Å². The minimum atomic E-state index is -1.33. The van der Waals surface area contributed by atoms with Crippen molar-refractivity contribution in [1.29, 1.82) is 0 Å². The van der Waals surface area contributed by atoms with Crippen LogP contribution in [0.5, 0.6) is 0 Å². The lowest BCUT2D eigenvalue weighted by Crippen LogP contribution is -2.30. The molecule has 0 saturated carbocycles. The predicted molar refractivity (Wildman–Crippen MR) is 95.0 cm³/mol. The molecular weight excluding hydrogens is 260 g/mol. The maximum atomic E-state index is 6.09. The van der Waals surface area contributed by atoms with Gasteiger partial charge in [-0.15, -0.1) is 0 Å². The molecule has 0 amide bonds. The summed E-state index contributed by atoms with van der Waals surface area (Å²) < 4.78 is 6.09. The molecule has 0 spiro atoms. The van der Waals surface area contributed by atoms with Crippen molar-refractivity contribution in [2.75, 3.05) is 6.61 Å². The van der Waals surface area contributed by atoms with Crippen LogP contribution in [-0.4, -0.2) is 14.9 Å². The van der Waals surface area contributed by atoms with Crippen molar-refractivity contribution in [2.24, 2.45) is 0 Å². The highest BCUT2D eigenvalue weighted by molar-refractivity contribution is 6.71. The van der Waals surface area contributed by atoms with Gasteiger partial charge in [0.15, 0.2) is 8.32 Å². The maximum absolute atomic E-state index is 6.09. The molecule has 1 nitrogen and oxygen atoms in total. The molecule has 0 N–H and O–H groups in total. The first kappa shape index (κ1) is 20.2. The third-order valence-corrected chi connectivity index (χ3v) is 6.67. The quantitative estimate of drug-likeness (QED) is 0.235. The van der Waals surface area contributed by atoms with E-state index >= 15 is 0 Å². The van der Waals surface area contributed by atoms with Crippen LogP contribution < -0.4 is 0 Å². The van der Waals surface area contributed by atoms with E-state index in [9.17, 15) is 0 Å². The highest BCUT2D eigenvalue weighted by Crippen LogP contribution is 2.18. The van der Waals surface area contributed by atoms with Gasteiger partial charge >= 0.3 is 0 Å². The molecule has 0 fully saturated rings. The SMILES string of the molecule is CCCCCCCCCCCC[Si](C)(C)OCCCC. The fourth-order valence-corrected chi connectivity index (χ4v) is 4.55. The van der Waals surface area contributed by atoms with Crippen LogP contribution >= 0.6 is 0 Å². The van der Waals surface area contributed by atoms with Crippen LogP contribution in [0.25, 0.3) is 0 Å². The lowest BCUT2D eigenvalue weighted by atomic mass is 10.1. The second kappa shape index (κ2) is 14.1. The van der Waals surface area contributed by atoms with Gasteiger partial charge in [-0.1, -0.05) is 84.5 Å². The second-order valence-electron chi connectivity index (χ2n) is 6.89. The van der Waals surface area contributed by atoms with Crippen LogP contribution in [0.1, 0.15) is 90.9 Å². The number of rotatable bonds is 15. The summed E-state index contributed by atoms with van der Waals surface area (Å²) >= 11 is 0. The van der Waals surface area contributed by atoms with Gasteiger partial charge in [0.2, 0.25) is 0 Å². The summed E-state index contributed by atoms with van der Waals surface area (Å²) in [6, 6.07) is 1.35. The molecule has 122 valence electrons. The summed E-state index contributed by atoms with van der Waals surface area (Å²) in [5.74, 6) is 0. The van der Waals surface area contributed by atoms with Crippen LogP contribution in [-0.2, 0) is 4.43 Å². The van der Waals surface area contributed by atoms with E-state index in [4.69, 9.17) is 4.43 Å². The molecular formula is C18H40OSi. The fraction of sp³-hybridized carbons (Fsp3) is 1.00. The molecule has 0 aliphatic carbocycles. The molecule has 0 unspecified atom stereocenters. The Labute approximate surface area is 130 Å². The van der Waals surface area contributed by atoms with Gasteiger partial charge in [-0.3, -0.25) is 0 Å². The van der Waals surface area contributed by atoms with Gasteiger partial charge in [-0.2, -0.15) is 0 Å². The van der Waals surface area contributed by atoms with Gasteiger partial charge in [0, 0.05) is 6.61 Å². The van der Waals surface area contributed by atoms with Crippen LogP contribution in [0.15, 0.2) is 0 Å². The average Bonchev–Trinajstić information content (AvgIpc) is 2.41. The Morgan fingerprint density at radius 2 is 1.05 bits per heavy atom. The molecule has 0 atom stereocenters. The Bertz CT molecular complexity index is 192. The first-order valence-electron chi connectivity index (χ1n) is 9.26. The van der Waals surface area contributed by atoms with Crippen molar-refractivity contribution in [3.05, 3.63) is 0 Å². The zero-order chi connectivity index (χ0) is 15.1. The van der Waals surface area contributed by atoms with Gasteiger partial charge in [0.05, 0.1) is 0 Å². The Hall–Kier alpha value is 0.177. The molecule has 0 rings (SSSR count). The predicted octanol–water partition coefficient (Wildman–Crippen LogP) is 6.93. The van der Waals surface area contributed by atoms with E-state index in [-0.39, 0.29) is 0 Å². The van der Waals surface area contributed by atoms with E-state index in [0.717, 1.165) is 6.61 Å². The first-order valence-corrected chi connectivity index (χ1v) is 12.4. The van der Waals surface area contributed by atoms with Gasteiger partial charge in [-0.25, -0.2) is 0 Å². The van der Waals surface area contributed by atoms with Crippen molar-refractivity contribution < 1.29 is 4.43 Å². The van der Waals surface area contributed by atoms with Gasteiger partial charge in [-0.05, 0) is 25.6 Å². The lowest BCUT2D eigenvalue weighted by molar-refractivity contribution is 0.297. The standard InChI is InChI=1S/C18H40OSi/c1-5-7-9-10-11-12-13-14-15-16-18-20(3,4)19-17-8-6-2/h5-18H2,1-4H3. The van der Waals surface area contributed by atoms with E-state index in [2.05, 4.69) is 26.9 Å². The smallest absolute Gasteiger partial charge is 0.186 e. The normalized spacial score (nSPS) is 12.0. The zero-order valence-corrected chi connectivity index (χ0v) is 15.8. The molecule has 0 aliphatic rings. The molecule has 0 heterocycles. The molecule has 0 aromatic heterocycles. The minimum absolute atomic E-state index is 0.994. The van der Waals surface area contributed by atoms with Crippen LogP contribution in [0.4, 0.5) is 0 Å². The first-order chi connectivity index (χ1) is 9.62. The monoisotopic (exact) mass is 300 g/mol. The van der Waals surface area contributed by atoms with Crippen LogP contribution in [0.3, 0.4) is 0 Å². The molecule has 0 aromatic carbocycles. The van der Waals surface area contributed by atoms with E-state index in [1.54, 1.807) is 0 Å². The van der Waals surface area contributed by atoms with E-state index < -0.39 is 8.32 Å². The molecule has 2 heteroatoms. The lowest BCUT2D eigenvalue weighted by Gasteiger charge is -2.22. The average molecular weight is 301 g/mol. The maximum Gasteiger partial charge on any atom is 0.186 e. The van der Waals surface area contributed by atoms with E-state index in [1.165, 1.54) is 83.1 Å². The summed E-state index contributed by atoms with van der Waals surface area (Å²) in [6.07, 6.45) is 16.8. The summed E-state index contributed by atoms with van der Waals surface area (Å²) in [6.45, 7) is 10.3. The van der Waals surface area contributed by atoms with E-state index in [1.807, 2.05) is 0 Å². The number of hydrogen-bond acceptors (Lipinski definition) is 1. The summed E-state index contributed by atoms with van der Waals surface area (Å²) in [5, 5.41) is 0. The Kier molecular flexibility index (Phi) is 14.3. The van der Waals surface area contributed by atoms with Crippen molar-refractivity contribution in [2.45, 2.75) is 110 Å². The van der Waals surface area contributed by atoms with Crippen molar-refractivity contribution in [1.82, 2.24) is 0 Å². The van der Waals surface area contributed by atoms with Crippen LogP contribution in [0.2, 0.25) is 19.1 Å². The van der Waals surface area contributed by atoms with Crippen molar-refractivity contribution in [3.8, 4) is 0 Å². The minimum Gasteiger partial charge on any atom is -0.417 e. The van der Waals surface area contributed by atoms with Crippen molar-refractivity contribution >= 4 is 8.32 Å². The van der Waals surface area contributed by atoms with Gasteiger partial charge in [0.1, 0.15) is 0 Å². The summed E-state index contributed by atoms with van der Waals surface area (Å²) in [4.78, 5) is 0. The summed E-state index contributed by atoms with van der Waals surface area (Å²) in [7, 11) is -1.33. The molecule has 0 radical (unpaired) electrons. The fourth-order valence-electron chi connectivity index (χ4n) is 2.60. The highest BCUT2D eigenvalue weighted by Gasteiger charge is 2.20. The summed E-state index contributed by atoms with van der Waals surface area (Å²) in [5.41, 5.74) is 0. The molecule has 20 heavy (non-hydrogen) atoms. The topological polar surface area (TPSA) is 9.23 Å². The number of unbranched alkanes of at least 4 members (excludes halogenated alkanes) is 10. The van der Waals surface area contributed by atoms with Crippen molar-refractivity contribution in [3.63, 3.8) is 0 Å². The molecule has 0 saturated heterocycles. The number of hydrogen-bond donors (Lipinski definition) is 0. The zero-order valence-electron chi connectivity index (χ0n) is 14.8. The van der Waals surface area contributed by atoms with Crippen LogP contribution in [0, 0.1) is 0 Å². The third kappa shape index (κ3) is 14.6. The van der Waals surface area contributed by atoms with Gasteiger partial charge < -0.3 is 4.43 Å². The third-order valence-electron chi connectivity index (χ3n) is 4.12. The van der Waals surface area contributed by atoms with E-state index in [0.29, 0.717) is 0 Å². The second-order valence-corrected chi connectivity index (χ2v) is 11.2. The highest BCUT2D eigenvalue weighted by atomic mass is 28.4.